The van der Waals surface area contributed by atoms with Crippen LogP contribution in [-0.4, -0.2) is 11.9 Å². The lowest BCUT2D eigenvalue weighted by molar-refractivity contribution is 0.0478. The van der Waals surface area contributed by atoms with Gasteiger partial charge in [-0.2, -0.15) is 0 Å². The third-order valence-electron chi connectivity index (χ3n) is 3.98. The van der Waals surface area contributed by atoms with Gasteiger partial charge in [-0.3, -0.25) is 4.79 Å². The van der Waals surface area contributed by atoms with Crippen LogP contribution < -0.4 is 5.32 Å². The van der Waals surface area contributed by atoms with Crippen LogP contribution in [0.5, 0.6) is 0 Å². The van der Waals surface area contributed by atoms with Crippen LogP contribution in [0.4, 0.5) is 5.00 Å². The number of carbonyl (C=O) groups excluding carboxylic acids is 2. The Bertz CT molecular complexity index is 918. The minimum absolute atomic E-state index is 0.0860. The summed E-state index contributed by atoms with van der Waals surface area (Å²) < 4.78 is 10.4. The van der Waals surface area contributed by atoms with Crippen LogP contribution in [0.25, 0.3) is 0 Å². The van der Waals surface area contributed by atoms with Crippen LogP contribution >= 0.6 is 11.3 Å². The average Bonchev–Trinajstić information content (AvgIpc) is 3.31. The highest BCUT2D eigenvalue weighted by atomic mass is 32.1. The maximum Gasteiger partial charge on any atom is 0.348 e. The van der Waals surface area contributed by atoms with Crippen LogP contribution in [0.1, 0.15) is 52.1 Å². The number of anilines is 1. The number of amides is 1. The van der Waals surface area contributed by atoms with Crippen molar-refractivity contribution in [2.75, 3.05) is 5.32 Å². The Morgan fingerprint density at radius 3 is 2.44 bits per heavy atom. The van der Waals surface area contributed by atoms with E-state index in [-0.39, 0.29) is 23.7 Å². The molecule has 2 aromatic heterocycles. The largest absolute Gasteiger partial charge is 0.459 e. The Morgan fingerprint density at radius 1 is 1.07 bits per heavy atom. The minimum Gasteiger partial charge on any atom is -0.459 e. The number of hydrogen-bond donors (Lipinski definition) is 1. The van der Waals surface area contributed by atoms with Gasteiger partial charge in [-0.1, -0.05) is 45.0 Å². The van der Waals surface area contributed by atoms with Crippen LogP contribution in [0.15, 0.2) is 59.2 Å². The molecule has 1 amide bonds. The summed E-state index contributed by atoms with van der Waals surface area (Å²) in [5.74, 6) is -0.565. The van der Waals surface area contributed by atoms with Gasteiger partial charge in [-0.05, 0) is 40.8 Å². The molecule has 3 aromatic rings. The molecule has 0 aliphatic carbocycles. The van der Waals surface area contributed by atoms with Gasteiger partial charge in [0, 0.05) is 0 Å². The molecule has 0 saturated heterocycles. The fourth-order valence-electron chi connectivity index (χ4n) is 2.42. The number of benzene rings is 1. The van der Waals surface area contributed by atoms with Gasteiger partial charge in [0.15, 0.2) is 5.76 Å². The molecule has 0 unspecified atom stereocenters. The summed E-state index contributed by atoms with van der Waals surface area (Å²) in [6.07, 6.45) is 1.43. The van der Waals surface area contributed by atoms with Crippen molar-refractivity contribution in [3.05, 3.63) is 76.6 Å². The third-order valence-corrected chi connectivity index (χ3v) is 4.96. The van der Waals surface area contributed by atoms with Crippen molar-refractivity contribution in [2.24, 2.45) is 0 Å². The first-order chi connectivity index (χ1) is 12.8. The first-order valence-electron chi connectivity index (χ1n) is 8.54. The van der Waals surface area contributed by atoms with Crippen molar-refractivity contribution in [2.45, 2.75) is 32.8 Å². The molecule has 5 nitrogen and oxygen atoms in total. The molecule has 0 aliphatic heterocycles. The van der Waals surface area contributed by atoms with Crippen LogP contribution in [0.2, 0.25) is 0 Å². The van der Waals surface area contributed by atoms with E-state index in [1.807, 2.05) is 12.1 Å². The number of thiophene rings is 1. The second kappa shape index (κ2) is 7.80. The van der Waals surface area contributed by atoms with E-state index in [0.29, 0.717) is 9.88 Å². The molecular formula is C21H21NO4S. The summed E-state index contributed by atoms with van der Waals surface area (Å²) in [6.45, 7) is 6.67. The van der Waals surface area contributed by atoms with Crippen molar-refractivity contribution in [1.29, 1.82) is 0 Å². The molecule has 0 saturated carbocycles. The highest BCUT2D eigenvalue weighted by Crippen LogP contribution is 2.25. The monoisotopic (exact) mass is 383 g/mol. The zero-order valence-electron chi connectivity index (χ0n) is 15.4. The molecule has 3 rings (SSSR count). The molecule has 27 heavy (non-hydrogen) atoms. The van der Waals surface area contributed by atoms with Gasteiger partial charge in [0.25, 0.3) is 5.91 Å². The first kappa shape index (κ1) is 18.9. The summed E-state index contributed by atoms with van der Waals surface area (Å²) in [5, 5.41) is 3.25. The predicted molar refractivity (Wildman–Crippen MR) is 105 cm³/mol. The molecule has 0 radical (unpaired) electrons. The molecule has 2 heterocycles. The van der Waals surface area contributed by atoms with Gasteiger partial charge in [-0.15, -0.1) is 11.3 Å². The number of hydrogen-bond acceptors (Lipinski definition) is 5. The smallest absolute Gasteiger partial charge is 0.348 e. The van der Waals surface area contributed by atoms with E-state index in [1.165, 1.54) is 11.8 Å². The van der Waals surface area contributed by atoms with Gasteiger partial charge in [0.2, 0.25) is 0 Å². The standard InChI is InChI=1S/C21H21NO4S/c1-21(2,3)15-8-6-14(7-9-15)13-26-20(24)17-10-11-18(27-17)22-19(23)16-5-4-12-25-16/h4-12H,13H2,1-3H3,(H,22,23). The van der Waals surface area contributed by atoms with Crippen molar-refractivity contribution >= 4 is 28.2 Å². The van der Waals surface area contributed by atoms with Crippen LogP contribution in [0.3, 0.4) is 0 Å². The summed E-state index contributed by atoms with van der Waals surface area (Å²) in [6, 6.07) is 14.6. The van der Waals surface area contributed by atoms with Crippen molar-refractivity contribution < 1.29 is 18.7 Å². The van der Waals surface area contributed by atoms with Crippen molar-refractivity contribution in [3.8, 4) is 0 Å². The number of rotatable bonds is 5. The second-order valence-corrected chi connectivity index (χ2v) is 8.20. The van der Waals surface area contributed by atoms with E-state index in [9.17, 15) is 9.59 Å². The van der Waals surface area contributed by atoms with Crippen LogP contribution in [0, 0.1) is 0 Å². The van der Waals surface area contributed by atoms with E-state index in [2.05, 4.69) is 38.2 Å². The number of furan rings is 1. The number of esters is 1. The number of carbonyl (C=O) groups is 2. The Kier molecular flexibility index (Phi) is 5.46. The van der Waals surface area contributed by atoms with Crippen molar-refractivity contribution in [3.63, 3.8) is 0 Å². The van der Waals surface area contributed by atoms with E-state index in [0.717, 1.165) is 16.9 Å². The first-order valence-corrected chi connectivity index (χ1v) is 9.36. The summed E-state index contributed by atoms with van der Waals surface area (Å²) in [4.78, 5) is 24.6. The molecule has 0 aliphatic rings. The molecule has 1 aromatic carbocycles. The molecule has 140 valence electrons. The molecule has 0 fully saturated rings. The number of ether oxygens (including phenoxy) is 1. The normalized spacial score (nSPS) is 11.2. The fraction of sp³-hybridized carbons (Fsp3) is 0.238. The zero-order valence-corrected chi connectivity index (χ0v) is 16.3. The Morgan fingerprint density at radius 2 is 1.81 bits per heavy atom. The lowest BCUT2D eigenvalue weighted by Gasteiger charge is -2.19. The minimum atomic E-state index is -0.418. The van der Waals surface area contributed by atoms with Gasteiger partial charge in [0.1, 0.15) is 11.5 Å². The Balaban J connectivity index is 1.56. The van der Waals surface area contributed by atoms with E-state index in [1.54, 1.807) is 24.3 Å². The van der Waals surface area contributed by atoms with E-state index < -0.39 is 5.97 Å². The maximum absolute atomic E-state index is 12.2. The Labute approximate surface area is 162 Å². The molecule has 6 heteroatoms. The average molecular weight is 383 g/mol. The summed E-state index contributed by atoms with van der Waals surface area (Å²) in [7, 11) is 0. The maximum atomic E-state index is 12.2. The molecule has 0 spiro atoms. The molecular weight excluding hydrogens is 362 g/mol. The van der Waals surface area contributed by atoms with Crippen LogP contribution in [-0.2, 0) is 16.8 Å². The predicted octanol–water partition coefficient (Wildman–Crippen LogP) is 5.25. The van der Waals surface area contributed by atoms with Gasteiger partial charge in [0.05, 0.1) is 11.3 Å². The topological polar surface area (TPSA) is 68.5 Å². The van der Waals surface area contributed by atoms with Gasteiger partial charge in [-0.25, -0.2) is 4.79 Å². The molecule has 1 N–H and O–H groups in total. The summed E-state index contributed by atoms with van der Waals surface area (Å²) >= 11 is 1.16. The van der Waals surface area contributed by atoms with Crippen molar-refractivity contribution in [1.82, 2.24) is 0 Å². The SMILES string of the molecule is CC(C)(C)c1ccc(COC(=O)c2ccc(NC(=O)c3ccco3)s2)cc1. The highest BCUT2D eigenvalue weighted by Gasteiger charge is 2.15. The Hall–Kier alpha value is -2.86. The number of nitrogens with one attached hydrogen (secondary N) is 1. The lowest BCUT2D eigenvalue weighted by atomic mass is 9.87. The third kappa shape index (κ3) is 4.86. The van der Waals surface area contributed by atoms with E-state index in [4.69, 9.17) is 9.15 Å². The highest BCUT2D eigenvalue weighted by molar-refractivity contribution is 7.18. The second-order valence-electron chi connectivity index (χ2n) is 7.12. The molecule has 0 bridgehead atoms. The van der Waals surface area contributed by atoms with Gasteiger partial charge < -0.3 is 14.5 Å². The lowest BCUT2D eigenvalue weighted by Crippen LogP contribution is -2.11. The fourth-order valence-corrected chi connectivity index (χ4v) is 3.21. The summed E-state index contributed by atoms with van der Waals surface area (Å²) in [5.41, 5.74) is 2.25. The zero-order chi connectivity index (χ0) is 19.4. The van der Waals surface area contributed by atoms with Gasteiger partial charge >= 0.3 is 5.97 Å². The van der Waals surface area contributed by atoms with E-state index >= 15 is 0 Å². The molecule has 0 atom stereocenters. The quantitative estimate of drug-likeness (QED) is 0.611.